The zero-order chi connectivity index (χ0) is 27.1. The second kappa shape index (κ2) is 12.4. The molecular weight excluding hydrogens is 460 g/mol. The van der Waals surface area contributed by atoms with E-state index in [9.17, 15) is 29.7 Å². The second-order valence-electron chi connectivity index (χ2n) is 10.1. The number of hydrogen-bond acceptors (Lipinski definition) is 7. The summed E-state index contributed by atoms with van der Waals surface area (Å²) < 4.78 is 5.32. The monoisotopic (exact) mass is 498 g/mol. The zero-order valence-corrected chi connectivity index (χ0v) is 21.7. The lowest BCUT2D eigenvalue weighted by Crippen LogP contribution is -2.42. The van der Waals surface area contributed by atoms with Crippen molar-refractivity contribution in [3.63, 3.8) is 0 Å². The molecule has 6 atom stereocenters. The molecule has 1 aliphatic rings. The fourth-order valence-corrected chi connectivity index (χ4v) is 4.35. The van der Waals surface area contributed by atoms with Crippen molar-refractivity contribution in [2.75, 3.05) is 0 Å². The van der Waals surface area contributed by atoms with Gasteiger partial charge >= 0.3 is 5.97 Å². The van der Waals surface area contributed by atoms with Gasteiger partial charge < -0.3 is 20.1 Å². The summed E-state index contributed by atoms with van der Waals surface area (Å²) in [5.74, 6) is -3.20. The van der Waals surface area contributed by atoms with E-state index in [1.165, 1.54) is 19.9 Å². The van der Waals surface area contributed by atoms with Crippen molar-refractivity contribution in [3.05, 3.63) is 71.8 Å². The maximum atomic E-state index is 13.2. The smallest absolute Gasteiger partial charge is 0.303 e. The number of allylic oxidation sites excluding steroid dienone is 4. The van der Waals surface area contributed by atoms with Crippen LogP contribution in [0, 0.1) is 11.8 Å². The molecule has 0 fully saturated rings. The van der Waals surface area contributed by atoms with Crippen molar-refractivity contribution in [1.29, 1.82) is 0 Å². The number of carbonyl (C=O) groups excluding carboxylic acids is 3. The highest BCUT2D eigenvalue weighted by Gasteiger charge is 2.36. The van der Waals surface area contributed by atoms with E-state index in [-0.39, 0.29) is 19.3 Å². The molecule has 0 aromatic heterocycles. The van der Waals surface area contributed by atoms with Gasteiger partial charge in [0.05, 0.1) is 12.0 Å². The Balaban J connectivity index is 2.41. The van der Waals surface area contributed by atoms with E-state index in [0.29, 0.717) is 11.1 Å². The third-order valence-electron chi connectivity index (χ3n) is 6.61. The molecule has 0 amide bonds. The van der Waals surface area contributed by atoms with E-state index >= 15 is 0 Å². The van der Waals surface area contributed by atoms with E-state index in [0.717, 1.165) is 0 Å². The van der Waals surface area contributed by atoms with Gasteiger partial charge in [-0.1, -0.05) is 61.1 Å². The Hall–Kier alpha value is -2.87. The Bertz CT molecular complexity index is 1020. The lowest BCUT2D eigenvalue weighted by Gasteiger charge is -2.32. The van der Waals surface area contributed by atoms with Crippen LogP contribution in [0.2, 0.25) is 0 Å². The van der Waals surface area contributed by atoms with Crippen LogP contribution in [0.3, 0.4) is 0 Å². The number of hydrogen-bond donors (Lipinski definition) is 3. The lowest BCUT2D eigenvalue weighted by molar-refractivity contribution is -0.156. The highest BCUT2D eigenvalue weighted by molar-refractivity contribution is 6.38. The average molecular weight is 499 g/mol. The minimum absolute atomic E-state index is 0.0595. The Morgan fingerprint density at radius 1 is 1.17 bits per heavy atom. The lowest BCUT2D eigenvalue weighted by atomic mass is 9.79. The van der Waals surface area contributed by atoms with Gasteiger partial charge in [0.15, 0.2) is 0 Å². The van der Waals surface area contributed by atoms with E-state index < -0.39 is 52.8 Å². The summed E-state index contributed by atoms with van der Waals surface area (Å²) in [5.41, 5.74) is -1.41. The van der Waals surface area contributed by atoms with Crippen molar-refractivity contribution in [1.82, 2.24) is 0 Å². The molecule has 1 unspecified atom stereocenters. The molecule has 0 spiro atoms. The molecule has 0 saturated heterocycles. The molecule has 0 heterocycles. The molecule has 7 nitrogen and oxygen atoms in total. The van der Waals surface area contributed by atoms with Gasteiger partial charge in [-0.25, -0.2) is 0 Å². The molecule has 0 aliphatic heterocycles. The molecule has 0 bridgehead atoms. The molecule has 36 heavy (non-hydrogen) atoms. The van der Waals surface area contributed by atoms with Crippen molar-refractivity contribution >= 4 is 17.5 Å². The predicted molar refractivity (Wildman–Crippen MR) is 137 cm³/mol. The van der Waals surface area contributed by atoms with E-state index in [1.807, 2.05) is 30.3 Å². The van der Waals surface area contributed by atoms with Gasteiger partial charge in [0, 0.05) is 13.3 Å². The second-order valence-corrected chi connectivity index (χ2v) is 10.1. The topological polar surface area (TPSA) is 121 Å². The van der Waals surface area contributed by atoms with Crippen molar-refractivity contribution < 1.29 is 34.4 Å². The highest BCUT2D eigenvalue weighted by atomic mass is 16.6. The van der Waals surface area contributed by atoms with Crippen LogP contribution in [0.15, 0.2) is 66.3 Å². The first-order chi connectivity index (χ1) is 16.7. The number of ether oxygens (including phenoxy) is 1. The Morgan fingerprint density at radius 3 is 2.42 bits per heavy atom. The Labute approximate surface area is 213 Å². The molecule has 3 N–H and O–H groups in total. The van der Waals surface area contributed by atoms with Gasteiger partial charge in [-0.3, -0.25) is 14.4 Å². The summed E-state index contributed by atoms with van der Waals surface area (Å²) in [4.78, 5) is 37.6. The summed E-state index contributed by atoms with van der Waals surface area (Å²) in [6.45, 7) is 7.89. The van der Waals surface area contributed by atoms with Crippen LogP contribution in [0.25, 0.3) is 0 Å². The van der Waals surface area contributed by atoms with E-state index in [2.05, 4.69) is 0 Å². The van der Waals surface area contributed by atoms with E-state index in [4.69, 9.17) is 4.74 Å². The van der Waals surface area contributed by atoms with Crippen LogP contribution < -0.4 is 0 Å². The summed E-state index contributed by atoms with van der Waals surface area (Å²) in [7, 11) is 0. The number of benzene rings is 1. The molecule has 0 saturated carbocycles. The number of aliphatic hydroxyl groups is 3. The first-order valence-corrected chi connectivity index (χ1v) is 12.2. The third-order valence-corrected chi connectivity index (χ3v) is 6.61. The summed E-state index contributed by atoms with van der Waals surface area (Å²) in [5, 5.41) is 32.1. The van der Waals surface area contributed by atoms with Crippen LogP contribution in [-0.2, 0) is 24.7 Å². The number of carbonyl (C=O) groups is 3. The SMILES string of the molecule is CC(=O)O[C@@H]1/C=C/[C@H](C)[C@@H](/C(C)=C/C=C/C(C)(O)c2ccccc2)C(=O)C(=O)C[C@H](O)CC[C@@]1(C)O. The maximum absolute atomic E-state index is 13.2. The predicted octanol–water partition coefficient (Wildman–Crippen LogP) is 3.57. The molecule has 1 aromatic carbocycles. The van der Waals surface area contributed by atoms with Crippen molar-refractivity contribution in [2.45, 2.75) is 77.3 Å². The minimum Gasteiger partial charge on any atom is -0.455 e. The van der Waals surface area contributed by atoms with Crippen molar-refractivity contribution in [3.8, 4) is 0 Å². The van der Waals surface area contributed by atoms with Crippen molar-refractivity contribution in [2.24, 2.45) is 11.8 Å². The fraction of sp³-hybridized carbons (Fsp3) is 0.483. The molecule has 196 valence electrons. The molecule has 1 aromatic rings. The molecule has 1 aliphatic carbocycles. The summed E-state index contributed by atoms with van der Waals surface area (Å²) in [6.07, 6.45) is 5.80. The molecule has 0 radical (unpaired) electrons. The summed E-state index contributed by atoms with van der Waals surface area (Å²) in [6, 6.07) is 9.13. The van der Waals surface area contributed by atoms with Gasteiger partial charge in [-0.2, -0.15) is 0 Å². The number of esters is 1. The van der Waals surface area contributed by atoms with Gasteiger partial charge in [-0.05, 0) is 57.2 Å². The average Bonchev–Trinajstić information content (AvgIpc) is 2.80. The highest BCUT2D eigenvalue weighted by Crippen LogP contribution is 2.29. The fourth-order valence-electron chi connectivity index (χ4n) is 4.35. The Morgan fingerprint density at radius 2 is 1.81 bits per heavy atom. The van der Waals surface area contributed by atoms with Crippen LogP contribution >= 0.6 is 0 Å². The number of ketones is 2. The van der Waals surface area contributed by atoms with Gasteiger partial charge in [0.25, 0.3) is 0 Å². The van der Waals surface area contributed by atoms with Crippen LogP contribution in [0.4, 0.5) is 0 Å². The quantitative estimate of drug-likeness (QED) is 0.246. The van der Waals surface area contributed by atoms with E-state index in [1.54, 1.807) is 45.1 Å². The third kappa shape index (κ3) is 8.08. The number of rotatable bonds is 5. The van der Waals surface area contributed by atoms with Crippen LogP contribution in [0.1, 0.15) is 59.4 Å². The van der Waals surface area contributed by atoms with Crippen LogP contribution in [-0.4, -0.2) is 50.7 Å². The summed E-state index contributed by atoms with van der Waals surface area (Å²) >= 11 is 0. The van der Waals surface area contributed by atoms with Crippen LogP contribution in [0.5, 0.6) is 0 Å². The van der Waals surface area contributed by atoms with Gasteiger partial charge in [-0.15, -0.1) is 0 Å². The molecule has 7 heteroatoms. The number of Topliss-reactive ketones (excluding diaryl/α,β-unsaturated/α-hetero) is 2. The standard InChI is InChI=1S/C29H38O7/c1-19(10-9-16-28(4,34)22-11-7-6-8-12-22)26-20(2)13-14-25(36-21(3)30)29(5,35)17-15-23(31)18-24(32)27(26)33/h6-14,16,20,23,25-26,31,34-35H,15,17-18H2,1-5H3/b14-13+,16-9+,19-10+/t20-,23+,25+,26+,28?,29+/m0/s1. The first kappa shape index (κ1) is 29.4. The van der Waals surface area contributed by atoms with Gasteiger partial charge in [0.2, 0.25) is 11.6 Å². The normalized spacial score (nSPS) is 31.3. The molecular formula is C29H38O7. The first-order valence-electron chi connectivity index (χ1n) is 12.2. The minimum atomic E-state index is -1.47. The van der Waals surface area contributed by atoms with Gasteiger partial charge in [0.1, 0.15) is 17.3 Å². The maximum Gasteiger partial charge on any atom is 0.303 e. The Kier molecular flexibility index (Phi) is 10.1. The number of aliphatic hydroxyl groups excluding tert-OH is 1. The largest absolute Gasteiger partial charge is 0.455 e. The molecule has 2 rings (SSSR count). The zero-order valence-electron chi connectivity index (χ0n) is 21.7.